The van der Waals surface area contributed by atoms with Gasteiger partial charge in [0.1, 0.15) is 0 Å². The summed E-state index contributed by atoms with van der Waals surface area (Å²) in [5.41, 5.74) is 0.197. The first kappa shape index (κ1) is 14.9. The molecule has 2 aromatic carbocycles. The van der Waals surface area contributed by atoms with E-state index in [-0.39, 0.29) is 11.6 Å². The van der Waals surface area contributed by atoms with E-state index in [4.69, 9.17) is 5.26 Å². The second-order valence-corrected chi connectivity index (χ2v) is 4.65. The van der Waals surface area contributed by atoms with E-state index in [1.165, 1.54) is 12.1 Å². The zero-order valence-electron chi connectivity index (χ0n) is 11.3. The zero-order valence-corrected chi connectivity index (χ0v) is 11.3. The van der Waals surface area contributed by atoms with E-state index >= 15 is 0 Å². The number of anilines is 1. The first-order chi connectivity index (χ1) is 9.91. The summed E-state index contributed by atoms with van der Waals surface area (Å²) in [5.74, 6) is 0. The third-order valence-corrected chi connectivity index (χ3v) is 3.13. The zero-order chi connectivity index (χ0) is 15.5. The van der Waals surface area contributed by atoms with Gasteiger partial charge in [-0.2, -0.15) is 18.4 Å². The van der Waals surface area contributed by atoms with Gasteiger partial charge in [-0.1, -0.05) is 30.3 Å². The maximum absolute atomic E-state index is 12.7. The van der Waals surface area contributed by atoms with E-state index in [2.05, 4.69) is 5.32 Å². The summed E-state index contributed by atoms with van der Waals surface area (Å²) in [5, 5.41) is 12.0. The van der Waals surface area contributed by atoms with Crippen LogP contribution in [0.3, 0.4) is 0 Å². The van der Waals surface area contributed by atoms with Gasteiger partial charge in [-0.3, -0.25) is 0 Å². The summed E-state index contributed by atoms with van der Waals surface area (Å²) in [4.78, 5) is 0. The number of nitrogens with one attached hydrogen (secondary N) is 1. The van der Waals surface area contributed by atoms with Crippen molar-refractivity contribution in [2.45, 2.75) is 19.1 Å². The molecule has 0 saturated heterocycles. The maximum Gasteiger partial charge on any atom is 0.417 e. The molecule has 0 saturated carbocycles. The summed E-state index contributed by atoms with van der Waals surface area (Å²) in [7, 11) is 0. The molecule has 1 unspecified atom stereocenters. The highest BCUT2D eigenvalue weighted by atomic mass is 19.4. The van der Waals surface area contributed by atoms with Crippen LogP contribution in [0.25, 0.3) is 0 Å². The van der Waals surface area contributed by atoms with Crippen LogP contribution in [0.4, 0.5) is 18.9 Å². The normalized spacial score (nSPS) is 12.5. The Morgan fingerprint density at radius 1 is 1.10 bits per heavy atom. The van der Waals surface area contributed by atoms with Gasteiger partial charge < -0.3 is 5.32 Å². The number of halogens is 3. The Labute approximate surface area is 120 Å². The Morgan fingerprint density at radius 3 is 2.33 bits per heavy atom. The number of hydrogen-bond donors (Lipinski definition) is 1. The van der Waals surface area contributed by atoms with Gasteiger partial charge in [-0.25, -0.2) is 0 Å². The summed E-state index contributed by atoms with van der Waals surface area (Å²) in [6, 6.07) is 14.5. The van der Waals surface area contributed by atoms with Crippen molar-refractivity contribution in [1.29, 1.82) is 5.26 Å². The molecule has 1 atom stereocenters. The van der Waals surface area contributed by atoms with Crippen LogP contribution in [0, 0.1) is 11.3 Å². The SMILES string of the molecule is CC(Nc1ccc(C(F)(F)F)c(C#N)c1)c1ccccc1. The molecule has 0 aliphatic carbocycles. The molecule has 0 aliphatic heterocycles. The lowest BCUT2D eigenvalue weighted by atomic mass is 10.1. The number of alkyl halides is 3. The summed E-state index contributed by atoms with van der Waals surface area (Å²) in [6.45, 7) is 1.90. The summed E-state index contributed by atoms with van der Waals surface area (Å²) in [6.07, 6.45) is -4.52. The largest absolute Gasteiger partial charge is 0.417 e. The van der Waals surface area contributed by atoms with Crippen LogP contribution in [0.1, 0.15) is 29.7 Å². The third-order valence-electron chi connectivity index (χ3n) is 3.13. The second kappa shape index (κ2) is 5.88. The summed E-state index contributed by atoms with van der Waals surface area (Å²) < 4.78 is 38.2. The predicted octanol–water partition coefficient (Wildman–Crippen LogP) is 4.75. The van der Waals surface area contributed by atoms with Crippen molar-refractivity contribution in [2.24, 2.45) is 0 Å². The van der Waals surface area contributed by atoms with Crippen molar-refractivity contribution in [2.75, 3.05) is 5.32 Å². The van der Waals surface area contributed by atoms with E-state index in [1.807, 2.05) is 37.3 Å². The van der Waals surface area contributed by atoms with Crippen LogP contribution in [0.15, 0.2) is 48.5 Å². The molecule has 0 fully saturated rings. The quantitative estimate of drug-likeness (QED) is 0.885. The monoisotopic (exact) mass is 290 g/mol. The minimum absolute atomic E-state index is 0.0746. The molecular formula is C16H13F3N2. The van der Waals surface area contributed by atoms with E-state index in [0.29, 0.717) is 5.69 Å². The number of hydrogen-bond acceptors (Lipinski definition) is 2. The highest BCUT2D eigenvalue weighted by molar-refractivity contribution is 5.54. The molecule has 0 aliphatic rings. The molecule has 0 spiro atoms. The molecule has 2 aromatic rings. The van der Waals surface area contributed by atoms with Crippen LogP contribution in [0.5, 0.6) is 0 Å². The average molecular weight is 290 g/mol. The van der Waals surface area contributed by atoms with E-state index in [1.54, 1.807) is 6.07 Å². The van der Waals surface area contributed by atoms with Crippen molar-refractivity contribution < 1.29 is 13.2 Å². The molecular weight excluding hydrogens is 277 g/mol. The van der Waals surface area contributed by atoms with E-state index in [0.717, 1.165) is 11.6 Å². The van der Waals surface area contributed by atoms with Crippen molar-refractivity contribution >= 4 is 5.69 Å². The Morgan fingerprint density at radius 2 is 1.76 bits per heavy atom. The molecule has 0 bridgehead atoms. The molecule has 5 heteroatoms. The van der Waals surface area contributed by atoms with Gasteiger partial charge in [0.25, 0.3) is 0 Å². The van der Waals surface area contributed by atoms with Gasteiger partial charge >= 0.3 is 6.18 Å². The third kappa shape index (κ3) is 3.54. The number of rotatable bonds is 3. The van der Waals surface area contributed by atoms with Crippen LogP contribution in [-0.2, 0) is 6.18 Å². The van der Waals surface area contributed by atoms with Gasteiger partial charge in [0.2, 0.25) is 0 Å². The van der Waals surface area contributed by atoms with Crippen LogP contribution >= 0.6 is 0 Å². The first-order valence-corrected chi connectivity index (χ1v) is 6.34. The molecule has 0 heterocycles. The highest BCUT2D eigenvalue weighted by Crippen LogP contribution is 2.33. The topological polar surface area (TPSA) is 35.8 Å². The molecule has 1 N–H and O–H groups in total. The standard InChI is InChI=1S/C16H13F3N2/c1-11(12-5-3-2-4-6-12)21-14-7-8-15(16(17,18)19)13(9-14)10-20/h2-9,11,21H,1H3. The van der Waals surface area contributed by atoms with Crippen molar-refractivity contribution in [1.82, 2.24) is 0 Å². The van der Waals surface area contributed by atoms with Crippen molar-refractivity contribution in [3.8, 4) is 6.07 Å². The van der Waals surface area contributed by atoms with Crippen molar-refractivity contribution in [3.05, 3.63) is 65.2 Å². The van der Waals surface area contributed by atoms with Crippen LogP contribution in [0.2, 0.25) is 0 Å². The van der Waals surface area contributed by atoms with Crippen molar-refractivity contribution in [3.63, 3.8) is 0 Å². The first-order valence-electron chi connectivity index (χ1n) is 6.34. The molecule has 2 nitrogen and oxygen atoms in total. The van der Waals surface area contributed by atoms with Crippen LogP contribution < -0.4 is 5.32 Å². The minimum Gasteiger partial charge on any atom is -0.378 e. The Balaban J connectivity index is 2.25. The summed E-state index contributed by atoms with van der Waals surface area (Å²) >= 11 is 0. The fraction of sp³-hybridized carbons (Fsp3) is 0.188. The molecule has 0 aromatic heterocycles. The van der Waals surface area contributed by atoms with Crippen LogP contribution in [-0.4, -0.2) is 0 Å². The van der Waals surface area contributed by atoms with E-state index < -0.39 is 11.7 Å². The Bertz CT molecular complexity index is 657. The smallest absolute Gasteiger partial charge is 0.378 e. The second-order valence-electron chi connectivity index (χ2n) is 4.65. The fourth-order valence-electron chi connectivity index (χ4n) is 2.05. The molecule has 0 radical (unpaired) electrons. The van der Waals surface area contributed by atoms with Gasteiger partial charge in [0.05, 0.1) is 17.2 Å². The minimum atomic E-state index is -4.52. The maximum atomic E-state index is 12.7. The lowest BCUT2D eigenvalue weighted by Crippen LogP contribution is -2.10. The molecule has 108 valence electrons. The number of nitrogens with zero attached hydrogens (tertiary/aromatic N) is 1. The number of nitriles is 1. The highest BCUT2D eigenvalue weighted by Gasteiger charge is 2.33. The Kier molecular flexibility index (Phi) is 4.18. The average Bonchev–Trinajstić information content (AvgIpc) is 2.46. The predicted molar refractivity (Wildman–Crippen MR) is 74.6 cm³/mol. The van der Waals surface area contributed by atoms with Gasteiger partial charge in [0.15, 0.2) is 0 Å². The molecule has 0 amide bonds. The lowest BCUT2D eigenvalue weighted by molar-refractivity contribution is -0.137. The molecule has 21 heavy (non-hydrogen) atoms. The van der Waals surface area contributed by atoms with E-state index in [9.17, 15) is 13.2 Å². The fourth-order valence-corrected chi connectivity index (χ4v) is 2.05. The van der Waals surface area contributed by atoms with Gasteiger partial charge in [-0.15, -0.1) is 0 Å². The molecule has 2 rings (SSSR count). The van der Waals surface area contributed by atoms with Gasteiger partial charge in [-0.05, 0) is 30.7 Å². The van der Waals surface area contributed by atoms with Gasteiger partial charge in [0, 0.05) is 11.7 Å². The lowest BCUT2D eigenvalue weighted by Gasteiger charge is -2.17. The Hall–Kier alpha value is -2.48. The number of benzene rings is 2.